The molecule has 0 nitrogen and oxygen atoms in total. The van der Waals surface area contributed by atoms with Crippen LogP contribution in [-0.2, 0) is 35.1 Å². The van der Waals surface area contributed by atoms with Crippen molar-refractivity contribution in [2.45, 2.75) is 58.8 Å². The predicted molar refractivity (Wildman–Crippen MR) is 195 cm³/mol. The molecule has 0 spiro atoms. The smallest absolute Gasteiger partial charge is 0.109 e. The summed E-state index contributed by atoms with van der Waals surface area (Å²) in [6, 6.07) is 39.3. The van der Waals surface area contributed by atoms with Gasteiger partial charge in [0.05, 0.1) is 0 Å². The summed E-state index contributed by atoms with van der Waals surface area (Å²) in [5.74, 6) is 0. The summed E-state index contributed by atoms with van der Waals surface area (Å²) in [7, 11) is 0. The summed E-state index contributed by atoms with van der Waals surface area (Å²) in [4.78, 5) is 0. The van der Waals surface area contributed by atoms with E-state index in [0.717, 1.165) is 11.4 Å². The fraction of sp³-hybridized carbons (Fsp3) is 0.209. The van der Waals surface area contributed by atoms with Crippen LogP contribution in [0.3, 0.4) is 0 Å². The van der Waals surface area contributed by atoms with Crippen LogP contribution >= 0.6 is 11.6 Å². The number of benzene rings is 5. The summed E-state index contributed by atoms with van der Waals surface area (Å²) in [6.45, 7) is 13.6. The summed E-state index contributed by atoms with van der Waals surface area (Å²) in [6.07, 6.45) is 10.0. The third-order valence-corrected chi connectivity index (χ3v) is 9.84. The van der Waals surface area contributed by atoms with E-state index in [0.29, 0.717) is 0 Å². The maximum atomic E-state index is 5.96. The summed E-state index contributed by atoms with van der Waals surface area (Å²) >= 11 is 7.37. The van der Waals surface area contributed by atoms with E-state index >= 15 is 0 Å². The number of allylic oxidation sites excluding steroid dienone is 4. The van der Waals surface area contributed by atoms with Gasteiger partial charge in [-0.3, -0.25) is 6.08 Å². The maximum Gasteiger partial charge on any atom is -0.109 e. The van der Waals surface area contributed by atoms with E-state index in [1.54, 1.807) is 0 Å². The molecule has 0 fully saturated rings. The molecule has 0 radical (unpaired) electrons. The largest absolute Gasteiger partial charge is 0.273 e. The first-order chi connectivity index (χ1) is 21.4. The Hall–Kier alpha value is -3.25. The zero-order chi connectivity index (χ0) is 32.2. The van der Waals surface area contributed by atoms with E-state index < -0.39 is 0 Å². The molecule has 0 saturated carbocycles. The zero-order valence-corrected chi connectivity index (χ0v) is 30.4. The first-order valence-corrected chi connectivity index (χ1v) is 17.2. The standard InChI is InChI=1S/C21H25.C17H11Cl.C5H5.Zr/c1-20(2,3)16-7-9-18-14(12-16)11-15-13-17(21(4,5)6)8-10-19(15)18;18-16-10-8-13(9-11-16)12-15-6-3-5-14-4-1-2-7-17(14)15;1-2-4-5-3-1;/h7-13H,1-6H3;1-11H;1-3H,4H2;/q-1;;-1;+2. The number of hydrogen-bond acceptors (Lipinski definition) is 0. The summed E-state index contributed by atoms with van der Waals surface area (Å²) in [5, 5.41) is 8.86. The molecule has 0 heterocycles. The van der Waals surface area contributed by atoms with E-state index in [4.69, 9.17) is 11.6 Å². The molecule has 0 atom stereocenters. The average Bonchev–Trinajstić information content (AvgIpc) is 3.72. The Morgan fingerprint density at radius 1 is 0.689 bits per heavy atom. The van der Waals surface area contributed by atoms with Crippen LogP contribution < -0.4 is 0 Å². The van der Waals surface area contributed by atoms with Crippen molar-refractivity contribution in [3.8, 4) is 0 Å². The molecular weight excluding hydrogens is 643 g/mol. The minimum atomic E-state index is 0.203. The molecule has 0 N–H and O–H groups in total. The molecule has 0 bridgehead atoms. The average molecular weight is 684 g/mol. The van der Waals surface area contributed by atoms with Gasteiger partial charge in [0.1, 0.15) is 0 Å². The minimum Gasteiger partial charge on any atom is -0.273 e. The number of halogens is 1. The van der Waals surface area contributed by atoms with Crippen molar-refractivity contribution in [2.75, 3.05) is 0 Å². The van der Waals surface area contributed by atoms with Gasteiger partial charge in [0, 0.05) is 0 Å². The molecule has 0 saturated heterocycles. The Balaban J connectivity index is 0.000000154. The van der Waals surface area contributed by atoms with Gasteiger partial charge in [-0.2, -0.15) is 6.08 Å². The first kappa shape index (κ1) is 33.1. The molecule has 0 aliphatic heterocycles. The molecule has 45 heavy (non-hydrogen) atoms. The van der Waals surface area contributed by atoms with E-state index in [-0.39, 0.29) is 10.8 Å². The molecule has 0 unspecified atom stereocenters. The normalized spacial score (nSPS) is 12.6. The van der Waals surface area contributed by atoms with Gasteiger partial charge in [0.25, 0.3) is 0 Å². The Labute approximate surface area is 289 Å². The van der Waals surface area contributed by atoms with Gasteiger partial charge >= 0.3 is 133 Å². The second-order valence-electron chi connectivity index (χ2n) is 13.7. The van der Waals surface area contributed by atoms with E-state index in [1.165, 1.54) is 82.0 Å². The van der Waals surface area contributed by atoms with Crippen molar-refractivity contribution in [3.63, 3.8) is 0 Å². The Kier molecular flexibility index (Phi) is 10.3. The van der Waals surface area contributed by atoms with Gasteiger partial charge in [0.2, 0.25) is 0 Å². The fourth-order valence-corrected chi connectivity index (χ4v) is 6.58. The van der Waals surface area contributed by atoms with E-state index in [9.17, 15) is 0 Å². The SMILES string of the molecule is CC(C)(C)c1ccc2c(c1)[cH-]c1cc(C(C)(C)C)ccc12.Clc1ccc([C](=[Zr+2])c2cccc3ccccc23)cc1.[C-]1=CC=CC1. The van der Waals surface area contributed by atoms with Crippen molar-refractivity contribution < 1.29 is 24.2 Å². The van der Waals surface area contributed by atoms with Crippen LogP contribution in [0.25, 0.3) is 32.3 Å². The molecule has 1 aliphatic carbocycles. The Morgan fingerprint density at radius 3 is 1.78 bits per heavy atom. The number of rotatable bonds is 2. The van der Waals surface area contributed by atoms with Crippen LogP contribution in [0.2, 0.25) is 5.02 Å². The van der Waals surface area contributed by atoms with Crippen molar-refractivity contribution in [2.24, 2.45) is 0 Å². The minimum absolute atomic E-state index is 0.203. The molecule has 2 heteroatoms. The van der Waals surface area contributed by atoms with Crippen LogP contribution in [0.5, 0.6) is 0 Å². The maximum absolute atomic E-state index is 5.96. The monoisotopic (exact) mass is 682 g/mol. The zero-order valence-electron chi connectivity index (χ0n) is 27.2. The second-order valence-corrected chi connectivity index (χ2v) is 15.3. The quantitative estimate of drug-likeness (QED) is 0.159. The van der Waals surface area contributed by atoms with Crippen LogP contribution in [0, 0.1) is 6.08 Å². The van der Waals surface area contributed by atoms with Gasteiger partial charge in [-0.1, -0.05) is 76.9 Å². The third-order valence-electron chi connectivity index (χ3n) is 8.21. The summed E-state index contributed by atoms with van der Waals surface area (Å²) < 4.78 is 1.36. The molecule has 0 aromatic heterocycles. The van der Waals surface area contributed by atoms with Crippen LogP contribution in [-0.4, -0.2) is 3.21 Å². The van der Waals surface area contributed by atoms with E-state index in [2.05, 4.69) is 151 Å². The molecular formula is C43H41ClZr. The predicted octanol–water partition coefficient (Wildman–Crippen LogP) is 12.2. The van der Waals surface area contributed by atoms with Crippen LogP contribution in [0.15, 0.2) is 127 Å². The van der Waals surface area contributed by atoms with Crippen molar-refractivity contribution in [1.82, 2.24) is 0 Å². The third kappa shape index (κ3) is 8.13. The topological polar surface area (TPSA) is 0 Å². The van der Waals surface area contributed by atoms with Crippen molar-refractivity contribution in [1.29, 1.82) is 0 Å². The molecule has 224 valence electrons. The summed E-state index contributed by atoms with van der Waals surface area (Å²) in [5.41, 5.74) is 5.78. The van der Waals surface area contributed by atoms with Crippen molar-refractivity contribution >= 4 is 47.1 Å². The molecule has 7 rings (SSSR count). The van der Waals surface area contributed by atoms with Gasteiger partial charge in [-0.25, -0.2) is 12.2 Å². The van der Waals surface area contributed by atoms with Gasteiger partial charge < -0.3 is 0 Å². The number of hydrogen-bond donors (Lipinski definition) is 0. The Morgan fingerprint density at radius 2 is 1.27 bits per heavy atom. The number of fused-ring (bicyclic) bond motifs is 4. The van der Waals surface area contributed by atoms with Gasteiger partial charge in [0.15, 0.2) is 0 Å². The van der Waals surface area contributed by atoms with Gasteiger partial charge in [-0.15, -0.1) is 46.2 Å². The molecule has 6 aromatic carbocycles. The van der Waals surface area contributed by atoms with Crippen molar-refractivity contribution in [3.05, 3.63) is 161 Å². The molecule has 6 aromatic rings. The van der Waals surface area contributed by atoms with Gasteiger partial charge in [-0.05, 0) is 10.8 Å². The first-order valence-electron chi connectivity index (χ1n) is 15.6. The molecule has 1 aliphatic rings. The fourth-order valence-electron chi connectivity index (χ4n) is 5.51. The molecule has 0 amide bonds. The Bertz CT molecular complexity index is 1920. The van der Waals surface area contributed by atoms with E-state index in [1.807, 2.05) is 24.3 Å². The van der Waals surface area contributed by atoms with Crippen LogP contribution in [0.1, 0.15) is 70.2 Å². The second kappa shape index (κ2) is 14.0. The van der Waals surface area contributed by atoms with Crippen LogP contribution in [0.4, 0.5) is 0 Å².